The Morgan fingerprint density at radius 2 is 2.00 bits per heavy atom. The third kappa shape index (κ3) is 3.65. The standard InChI is InChI=1S/C13H23N3OS/c1-15(9-12(17)16-6-2-3-7-16)10-13(4-5-13)8-11(14)18/h2-10H2,1H3,(H2,14,18). The van der Waals surface area contributed by atoms with Gasteiger partial charge >= 0.3 is 0 Å². The van der Waals surface area contributed by atoms with Crippen molar-refractivity contribution in [3.05, 3.63) is 0 Å². The van der Waals surface area contributed by atoms with Gasteiger partial charge in [0, 0.05) is 26.1 Å². The molecule has 0 spiro atoms. The predicted molar refractivity (Wildman–Crippen MR) is 76.4 cm³/mol. The first-order valence-electron chi connectivity index (χ1n) is 6.75. The average Bonchev–Trinajstić information content (AvgIpc) is 2.82. The molecular weight excluding hydrogens is 246 g/mol. The van der Waals surface area contributed by atoms with Crippen LogP contribution in [-0.2, 0) is 4.79 Å². The van der Waals surface area contributed by atoms with Gasteiger partial charge in [0.25, 0.3) is 0 Å². The summed E-state index contributed by atoms with van der Waals surface area (Å²) in [6.45, 7) is 3.33. The molecule has 1 aliphatic carbocycles. The molecule has 1 saturated heterocycles. The number of rotatable bonds is 6. The zero-order valence-corrected chi connectivity index (χ0v) is 12.0. The van der Waals surface area contributed by atoms with Crippen molar-refractivity contribution in [1.82, 2.24) is 9.80 Å². The molecule has 0 aromatic heterocycles. The van der Waals surface area contributed by atoms with E-state index in [1.165, 1.54) is 12.8 Å². The second kappa shape index (κ2) is 5.53. The van der Waals surface area contributed by atoms with E-state index in [9.17, 15) is 4.79 Å². The topological polar surface area (TPSA) is 49.6 Å². The monoisotopic (exact) mass is 269 g/mol. The third-order valence-corrected chi connectivity index (χ3v) is 4.12. The Morgan fingerprint density at radius 3 is 2.50 bits per heavy atom. The van der Waals surface area contributed by atoms with E-state index >= 15 is 0 Å². The average molecular weight is 269 g/mol. The van der Waals surface area contributed by atoms with Crippen molar-refractivity contribution in [2.45, 2.75) is 32.1 Å². The van der Waals surface area contributed by atoms with Gasteiger partial charge < -0.3 is 10.6 Å². The number of likely N-dealkylation sites (tertiary alicyclic amines) is 1. The summed E-state index contributed by atoms with van der Waals surface area (Å²) >= 11 is 5.00. The van der Waals surface area contributed by atoms with E-state index in [1.807, 2.05) is 11.9 Å². The Hall–Kier alpha value is -0.680. The van der Waals surface area contributed by atoms with Crippen molar-refractivity contribution in [3.63, 3.8) is 0 Å². The van der Waals surface area contributed by atoms with E-state index < -0.39 is 0 Å². The highest BCUT2D eigenvalue weighted by Crippen LogP contribution is 2.49. The molecule has 0 unspecified atom stereocenters. The molecule has 0 aromatic rings. The van der Waals surface area contributed by atoms with Crippen molar-refractivity contribution in [2.75, 3.05) is 33.2 Å². The third-order valence-electron chi connectivity index (χ3n) is 3.98. The van der Waals surface area contributed by atoms with E-state index in [0.29, 0.717) is 11.5 Å². The van der Waals surface area contributed by atoms with Crippen LogP contribution < -0.4 is 5.73 Å². The van der Waals surface area contributed by atoms with Crippen LogP contribution in [0.3, 0.4) is 0 Å². The van der Waals surface area contributed by atoms with Crippen molar-refractivity contribution >= 4 is 23.1 Å². The summed E-state index contributed by atoms with van der Waals surface area (Å²) in [6.07, 6.45) is 5.51. The van der Waals surface area contributed by atoms with Crippen molar-refractivity contribution < 1.29 is 4.79 Å². The summed E-state index contributed by atoms with van der Waals surface area (Å²) in [6, 6.07) is 0. The molecule has 0 bridgehead atoms. The fourth-order valence-electron chi connectivity index (χ4n) is 2.86. The predicted octanol–water partition coefficient (Wildman–Crippen LogP) is 0.997. The SMILES string of the molecule is CN(CC(=O)N1CCCC1)CC1(CC(N)=S)CC1. The summed E-state index contributed by atoms with van der Waals surface area (Å²) in [5.74, 6) is 0.265. The fraction of sp³-hybridized carbons (Fsp3) is 0.846. The molecule has 1 amide bonds. The molecule has 0 aromatic carbocycles. The zero-order chi connectivity index (χ0) is 13.2. The van der Waals surface area contributed by atoms with Crippen LogP contribution in [0.2, 0.25) is 0 Å². The number of nitrogens with two attached hydrogens (primary N) is 1. The summed E-state index contributed by atoms with van der Waals surface area (Å²) in [5, 5.41) is 0. The number of likely N-dealkylation sites (N-methyl/N-ethyl adjacent to an activating group) is 1. The lowest BCUT2D eigenvalue weighted by atomic mass is 10.0. The summed E-state index contributed by atoms with van der Waals surface area (Å²) in [5.41, 5.74) is 5.90. The molecule has 0 atom stereocenters. The van der Waals surface area contributed by atoms with Crippen LogP contribution in [0, 0.1) is 5.41 Å². The van der Waals surface area contributed by atoms with Gasteiger partial charge in [0.05, 0.1) is 11.5 Å². The van der Waals surface area contributed by atoms with Crippen LogP contribution in [-0.4, -0.2) is 53.9 Å². The Morgan fingerprint density at radius 1 is 1.39 bits per heavy atom. The van der Waals surface area contributed by atoms with Gasteiger partial charge in [-0.05, 0) is 38.1 Å². The van der Waals surface area contributed by atoms with Crippen molar-refractivity contribution in [2.24, 2.45) is 11.1 Å². The zero-order valence-electron chi connectivity index (χ0n) is 11.2. The molecule has 1 aliphatic heterocycles. The number of amides is 1. The molecule has 1 saturated carbocycles. The summed E-state index contributed by atoms with van der Waals surface area (Å²) in [4.78, 5) is 16.7. The van der Waals surface area contributed by atoms with Crippen molar-refractivity contribution in [3.8, 4) is 0 Å². The van der Waals surface area contributed by atoms with Gasteiger partial charge in [0.15, 0.2) is 0 Å². The molecule has 102 valence electrons. The first-order chi connectivity index (χ1) is 8.51. The van der Waals surface area contributed by atoms with Gasteiger partial charge in [-0.15, -0.1) is 0 Å². The fourth-order valence-corrected chi connectivity index (χ4v) is 3.17. The van der Waals surface area contributed by atoms with E-state index in [0.717, 1.165) is 38.9 Å². The van der Waals surface area contributed by atoms with Crippen LogP contribution in [0.1, 0.15) is 32.1 Å². The van der Waals surface area contributed by atoms with Gasteiger partial charge in [-0.3, -0.25) is 9.69 Å². The maximum Gasteiger partial charge on any atom is 0.236 e. The Kier molecular flexibility index (Phi) is 4.22. The smallest absolute Gasteiger partial charge is 0.236 e. The first-order valence-corrected chi connectivity index (χ1v) is 7.16. The van der Waals surface area contributed by atoms with Gasteiger partial charge in [0.2, 0.25) is 5.91 Å². The number of carbonyl (C=O) groups is 1. The van der Waals surface area contributed by atoms with Crippen LogP contribution in [0.15, 0.2) is 0 Å². The van der Waals surface area contributed by atoms with Crippen LogP contribution in [0.5, 0.6) is 0 Å². The van der Waals surface area contributed by atoms with E-state index in [4.69, 9.17) is 18.0 Å². The van der Waals surface area contributed by atoms with Gasteiger partial charge in [-0.2, -0.15) is 0 Å². The highest BCUT2D eigenvalue weighted by molar-refractivity contribution is 7.80. The van der Waals surface area contributed by atoms with E-state index in [-0.39, 0.29) is 11.3 Å². The minimum atomic E-state index is 0.265. The maximum atomic E-state index is 12.0. The summed E-state index contributed by atoms with van der Waals surface area (Å²) < 4.78 is 0. The van der Waals surface area contributed by atoms with Crippen molar-refractivity contribution in [1.29, 1.82) is 0 Å². The largest absolute Gasteiger partial charge is 0.393 e. The molecular formula is C13H23N3OS. The molecule has 1 heterocycles. The molecule has 0 radical (unpaired) electrons. The molecule has 18 heavy (non-hydrogen) atoms. The Labute approximate surface area is 114 Å². The molecule has 5 heteroatoms. The lowest BCUT2D eigenvalue weighted by Gasteiger charge is -2.25. The summed E-state index contributed by atoms with van der Waals surface area (Å²) in [7, 11) is 2.02. The number of carbonyl (C=O) groups excluding carboxylic acids is 1. The van der Waals surface area contributed by atoms with E-state index in [2.05, 4.69) is 4.90 Å². The Balaban J connectivity index is 1.76. The first kappa shape index (κ1) is 13.7. The number of thiocarbonyl (C=S) groups is 1. The van der Waals surface area contributed by atoms with Gasteiger partial charge in [0.1, 0.15) is 0 Å². The van der Waals surface area contributed by atoms with Gasteiger partial charge in [-0.25, -0.2) is 0 Å². The quantitative estimate of drug-likeness (QED) is 0.731. The lowest BCUT2D eigenvalue weighted by molar-refractivity contribution is -0.131. The van der Waals surface area contributed by atoms with Crippen LogP contribution >= 0.6 is 12.2 Å². The van der Waals surface area contributed by atoms with E-state index in [1.54, 1.807) is 0 Å². The molecule has 2 rings (SSSR count). The second-order valence-electron chi connectivity index (χ2n) is 5.90. The number of hydrogen-bond acceptors (Lipinski definition) is 3. The van der Waals surface area contributed by atoms with Crippen LogP contribution in [0.4, 0.5) is 0 Å². The minimum absolute atomic E-state index is 0.265. The normalized spacial score (nSPS) is 21.3. The molecule has 2 aliphatic rings. The highest BCUT2D eigenvalue weighted by Gasteiger charge is 2.43. The second-order valence-corrected chi connectivity index (χ2v) is 6.43. The van der Waals surface area contributed by atoms with Crippen LogP contribution in [0.25, 0.3) is 0 Å². The highest BCUT2D eigenvalue weighted by atomic mass is 32.1. The number of nitrogens with zero attached hydrogens (tertiary/aromatic N) is 2. The number of hydrogen-bond donors (Lipinski definition) is 1. The minimum Gasteiger partial charge on any atom is -0.393 e. The molecule has 2 fully saturated rings. The van der Waals surface area contributed by atoms with Gasteiger partial charge in [-0.1, -0.05) is 12.2 Å². The maximum absolute atomic E-state index is 12.0. The molecule has 4 nitrogen and oxygen atoms in total. The lowest BCUT2D eigenvalue weighted by Crippen LogP contribution is -2.39. The molecule has 2 N–H and O–H groups in total. The Bertz CT molecular complexity index is 335.